The molecule has 0 spiro atoms. The molecule has 0 fully saturated rings. The van der Waals surface area contributed by atoms with Crippen molar-refractivity contribution in [1.29, 1.82) is 0 Å². The number of halogens is 1. The molecule has 2 aromatic rings. The van der Waals surface area contributed by atoms with E-state index in [4.69, 9.17) is 5.73 Å². The van der Waals surface area contributed by atoms with Crippen molar-refractivity contribution in [1.82, 2.24) is 20.4 Å². The van der Waals surface area contributed by atoms with Crippen molar-refractivity contribution in [2.24, 2.45) is 0 Å². The Morgan fingerprint density at radius 2 is 2.36 bits per heavy atom. The zero-order valence-electron chi connectivity index (χ0n) is 5.37. The lowest BCUT2D eigenvalue weighted by molar-refractivity contribution is 1.05. The summed E-state index contributed by atoms with van der Waals surface area (Å²) in [5, 5.41) is 15.0. The van der Waals surface area contributed by atoms with Crippen molar-refractivity contribution < 1.29 is 0 Å². The highest BCUT2D eigenvalue weighted by Gasteiger charge is 2.06. The molecule has 0 aliphatic carbocycles. The Kier molecular flexibility index (Phi) is 1.41. The van der Waals surface area contributed by atoms with Crippen molar-refractivity contribution in [3.63, 3.8) is 0 Å². The highest BCUT2D eigenvalue weighted by molar-refractivity contribution is 14.1. The maximum absolute atomic E-state index is 5.56. The second-order valence-electron chi connectivity index (χ2n) is 2.03. The Hall–Kier alpha value is -0.920. The molecule has 0 aliphatic heterocycles. The van der Waals surface area contributed by atoms with Crippen LogP contribution in [0.15, 0.2) is 6.20 Å². The first-order chi connectivity index (χ1) is 5.29. The lowest BCUT2D eigenvalue weighted by Crippen LogP contribution is -1.92. The molecule has 0 saturated heterocycles. The number of aromatic amines is 1. The quantitative estimate of drug-likeness (QED) is 0.678. The molecule has 0 bridgehead atoms. The first kappa shape index (κ1) is 6.77. The third kappa shape index (κ3) is 0.934. The number of anilines is 1. The summed E-state index contributed by atoms with van der Waals surface area (Å²) in [6.45, 7) is 0. The van der Waals surface area contributed by atoms with Gasteiger partial charge in [-0.3, -0.25) is 5.10 Å². The molecule has 0 amide bonds. The smallest absolute Gasteiger partial charge is 0.158 e. The van der Waals surface area contributed by atoms with Crippen LogP contribution in [0.5, 0.6) is 0 Å². The maximum Gasteiger partial charge on any atom is 0.158 e. The number of nitrogen functional groups attached to an aromatic ring is 1. The summed E-state index contributed by atoms with van der Waals surface area (Å²) < 4.78 is 0.894. The molecule has 0 saturated carbocycles. The van der Waals surface area contributed by atoms with E-state index in [1.165, 1.54) is 0 Å². The van der Waals surface area contributed by atoms with Crippen LogP contribution in [0.25, 0.3) is 10.9 Å². The van der Waals surface area contributed by atoms with E-state index >= 15 is 0 Å². The van der Waals surface area contributed by atoms with Gasteiger partial charge in [0.1, 0.15) is 9.22 Å². The summed E-state index contributed by atoms with van der Waals surface area (Å²) in [4.78, 5) is 0. The van der Waals surface area contributed by atoms with Crippen molar-refractivity contribution in [3.8, 4) is 0 Å². The van der Waals surface area contributed by atoms with E-state index in [2.05, 4.69) is 43.0 Å². The van der Waals surface area contributed by atoms with Crippen LogP contribution in [0.2, 0.25) is 0 Å². The molecule has 2 rings (SSSR count). The zero-order valence-corrected chi connectivity index (χ0v) is 7.53. The average Bonchev–Trinajstić information content (AvgIpc) is 2.34. The molecule has 0 atom stereocenters. The van der Waals surface area contributed by atoms with Gasteiger partial charge in [-0.1, -0.05) is 0 Å². The predicted molar refractivity (Wildman–Crippen MR) is 48.8 cm³/mol. The van der Waals surface area contributed by atoms with Crippen LogP contribution in [-0.2, 0) is 0 Å². The van der Waals surface area contributed by atoms with Crippen molar-refractivity contribution in [2.75, 3.05) is 5.73 Å². The summed E-state index contributed by atoms with van der Waals surface area (Å²) in [7, 11) is 0. The number of H-pyrrole nitrogens is 1. The second-order valence-corrected chi connectivity index (χ2v) is 3.11. The van der Waals surface area contributed by atoms with Crippen molar-refractivity contribution in [3.05, 3.63) is 9.90 Å². The number of aromatic nitrogens is 4. The Bertz CT molecular complexity index is 395. The average molecular weight is 261 g/mol. The molecule has 3 N–H and O–H groups in total. The SMILES string of the molecule is Nc1nncc2n[nH]c(I)c12. The number of nitrogens with one attached hydrogen (secondary N) is 1. The molecule has 56 valence electrons. The van der Waals surface area contributed by atoms with Gasteiger partial charge in [0.05, 0.1) is 11.6 Å². The van der Waals surface area contributed by atoms with Gasteiger partial charge in [0, 0.05) is 0 Å². The van der Waals surface area contributed by atoms with Gasteiger partial charge in [-0.2, -0.15) is 10.2 Å². The summed E-state index contributed by atoms with van der Waals surface area (Å²) in [5.74, 6) is 0.417. The molecule has 6 heteroatoms. The number of hydrogen-bond donors (Lipinski definition) is 2. The molecule has 0 aliphatic rings. The van der Waals surface area contributed by atoms with E-state index in [0.29, 0.717) is 5.82 Å². The Morgan fingerprint density at radius 1 is 1.55 bits per heavy atom. The molecule has 2 heterocycles. The van der Waals surface area contributed by atoms with E-state index in [9.17, 15) is 0 Å². The van der Waals surface area contributed by atoms with Gasteiger partial charge in [-0.15, -0.1) is 5.10 Å². The molecular weight excluding hydrogens is 257 g/mol. The third-order valence-electron chi connectivity index (χ3n) is 1.35. The molecule has 0 aromatic carbocycles. The van der Waals surface area contributed by atoms with Gasteiger partial charge in [0.15, 0.2) is 5.82 Å². The van der Waals surface area contributed by atoms with E-state index in [0.717, 1.165) is 14.6 Å². The van der Waals surface area contributed by atoms with Gasteiger partial charge in [0.25, 0.3) is 0 Å². The first-order valence-electron chi connectivity index (χ1n) is 2.90. The highest BCUT2D eigenvalue weighted by Crippen LogP contribution is 2.19. The van der Waals surface area contributed by atoms with Crippen LogP contribution in [0.3, 0.4) is 0 Å². The minimum Gasteiger partial charge on any atom is -0.382 e. The van der Waals surface area contributed by atoms with Crippen LogP contribution in [-0.4, -0.2) is 20.4 Å². The van der Waals surface area contributed by atoms with Gasteiger partial charge in [-0.25, -0.2) is 0 Å². The lowest BCUT2D eigenvalue weighted by Gasteiger charge is -1.90. The fourth-order valence-electron chi connectivity index (χ4n) is 0.866. The molecule has 11 heavy (non-hydrogen) atoms. The zero-order chi connectivity index (χ0) is 7.84. The predicted octanol–water partition coefficient (Wildman–Crippen LogP) is 0.540. The minimum atomic E-state index is 0.417. The van der Waals surface area contributed by atoms with Crippen LogP contribution in [0.4, 0.5) is 5.82 Å². The molecule has 0 unspecified atom stereocenters. The van der Waals surface area contributed by atoms with Gasteiger partial charge >= 0.3 is 0 Å². The van der Waals surface area contributed by atoms with E-state index < -0.39 is 0 Å². The first-order valence-corrected chi connectivity index (χ1v) is 3.97. The number of hydrogen-bond acceptors (Lipinski definition) is 4. The van der Waals surface area contributed by atoms with Crippen LogP contribution < -0.4 is 5.73 Å². The topological polar surface area (TPSA) is 80.5 Å². The Labute approximate surface area is 75.5 Å². The Balaban J connectivity index is 2.96. The number of fused-ring (bicyclic) bond motifs is 1. The van der Waals surface area contributed by atoms with Crippen molar-refractivity contribution >= 4 is 39.3 Å². The normalized spacial score (nSPS) is 10.6. The van der Waals surface area contributed by atoms with Gasteiger partial charge < -0.3 is 5.73 Å². The fourth-order valence-corrected chi connectivity index (χ4v) is 1.54. The molecule has 2 aromatic heterocycles. The van der Waals surface area contributed by atoms with Crippen LogP contribution in [0, 0.1) is 3.70 Å². The maximum atomic E-state index is 5.56. The number of nitrogens with two attached hydrogens (primary N) is 1. The van der Waals surface area contributed by atoms with Gasteiger partial charge in [-0.05, 0) is 22.6 Å². The summed E-state index contributed by atoms with van der Waals surface area (Å²) >= 11 is 2.11. The van der Waals surface area contributed by atoms with E-state index in [1.807, 2.05) is 0 Å². The van der Waals surface area contributed by atoms with Crippen LogP contribution >= 0.6 is 22.6 Å². The number of rotatable bonds is 0. The molecule has 0 radical (unpaired) electrons. The largest absolute Gasteiger partial charge is 0.382 e. The second kappa shape index (κ2) is 2.29. The summed E-state index contributed by atoms with van der Waals surface area (Å²) in [5.41, 5.74) is 6.31. The standard InChI is InChI=1S/C5H4IN5/c6-4-3-2(9-10-4)1-8-11-5(3)7/h1H,(H2,7,11)(H,9,10). The molecule has 5 nitrogen and oxygen atoms in total. The lowest BCUT2D eigenvalue weighted by atomic mass is 10.4. The van der Waals surface area contributed by atoms with Crippen LogP contribution in [0.1, 0.15) is 0 Å². The Morgan fingerprint density at radius 3 is 3.09 bits per heavy atom. The van der Waals surface area contributed by atoms with Gasteiger partial charge in [0.2, 0.25) is 0 Å². The molecular formula is C5H4IN5. The monoisotopic (exact) mass is 261 g/mol. The van der Waals surface area contributed by atoms with E-state index in [1.54, 1.807) is 6.20 Å². The fraction of sp³-hybridized carbons (Fsp3) is 0. The summed E-state index contributed by atoms with van der Waals surface area (Å²) in [6.07, 6.45) is 1.57. The third-order valence-corrected chi connectivity index (χ3v) is 2.13. The number of nitrogens with zero attached hydrogens (tertiary/aromatic N) is 3. The minimum absolute atomic E-state index is 0.417. The van der Waals surface area contributed by atoms with Crippen molar-refractivity contribution in [2.45, 2.75) is 0 Å². The van der Waals surface area contributed by atoms with E-state index in [-0.39, 0.29) is 0 Å². The highest BCUT2D eigenvalue weighted by atomic mass is 127. The summed E-state index contributed by atoms with van der Waals surface area (Å²) in [6, 6.07) is 0.